The van der Waals surface area contributed by atoms with Crippen LogP contribution < -0.4 is 9.75 Å². The van der Waals surface area contributed by atoms with Crippen LogP contribution >= 0.6 is 0 Å². The molecule has 1 aromatic rings. The van der Waals surface area contributed by atoms with Crippen LogP contribution in [0.2, 0.25) is 0 Å². The number of para-hydroxylation sites is 2. The van der Waals surface area contributed by atoms with Gasteiger partial charge in [0.05, 0.1) is 13.2 Å². The van der Waals surface area contributed by atoms with Crippen LogP contribution in [0.4, 0.5) is 5.69 Å². The Balaban J connectivity index is 2.33. The van der Waals surface area contributed by atoms with Gasteiger partial charge < -0.3 is 9.47 Å². The number of nitrogens with zero attached hydrogens (tertiary/aromatic N) is 2. The summed E-state index contributed by atoms with van der Waals surface area (Å²) in [6.45, 7) is 6.11. The number of ether oxygens (including phenoxy) is 2. The van der Waals surface area contributed by atoms with E-state index < -0.39 is 5.72 Å². The number of hydrogen-bond acceptors (Lipinski definition) is 4. The number of methoxy groups -OCH3 is 1. The molecular formula is C14H20N2O2. The van der Waals surface area contributed by atoms with Crippen molar-refractivity contribution in [3.05, 3.63) is 24.3 Å². The van der Waals surface area contributed by atoms with Crippen molar-refractivity contribution in [3.8, 4) is 5.75 Å². The van der Waals surface area contributed by atoms with Gasteiger partial charge >= 0.3 is 0 Å². The molecule has 0 amide bonds. The zero-order valence-corrected chi connectivity index (χ0v) is 11.4. The van der Waals surface area contributed by atoms with Gasteiger partial charge in [-0.05, 0) is 32.9 Å². The molecule has 4 nitrogen and oxygen atoms in total. The Morgan fingerprint density at radius 1 is 1.33 bits per heavy atom. The fraction of sp³-hybridized carbons (Fsp3) is 0.500. The van der Waals surface area contributed by atoms with Crippen LogP contribution in [0.15, 0.2) is 29.4 Å². The molecule has 0 N–H and O–H groups in total. The second-order valence-corrected chi connectivity index (χ2v) is 4.83. The largest absolute Gasteiger partial charge is 0.495 e. The highest BCUT2D eigenvalue weighted by Crippen LogP contribution is 2.37. The van der Waals surface area contributed by atoms with Crippen LogP contribution in [-0.4, -0.2) is 25.2 Å². The normalized spacial score (nSPS) is 22.8. The lowest BCUT2D eigenvalue weighted by molar-refractivity contribution is -0.0592. The predicted octanol–water partition coefficient (Wildman–Crippen LogP) is 3.03. The molecule has 1 aliphatic heterocycles. The van der Waals surface area contributed by atoms with Crippen LogP contribution in [0.3, 0.4) is 0 Å². The Labute approximate surface area is 108 Å². The molecule has 1 aliphatic rings. The van der Waals surface area contributed by atoms with E-state index in [0.29, 0.717) is 0 Å². The molecule has 98 valence electrons. The summed E-state index contributed by atoms with van der Waals surface area (Å²) in [5.41, 5.74) is 0.486. The molecule has 18 heavy (non-hydrogen) atoms. The number of hydrogen-bond donors (Lipinski definition) is 0. The van der Waals surface area contributed by atoms with E-state index in [1.807, 2.05) is 56.3 Å². The van der Waals surface area contributed by atoms with Crippen molar-refractivity contribution >= 4 is 11.9 Å². The van der Waals surface area contributed by atoms with Crippen LogP contribution in [0, 0.1) is 0 Å². The van der Waals surface area contributed by atoms with Crippen molar-refractivity contribution in [1.82, 2.24) is 0 Å². The second kappa shape index (κ2) is 4.98. The van der Waals surface area contributed by atoms with E-state index in [-0.39, 0.29) is 6.10 Å². The van der Waals surface area contributed by atoms with Gasteiger partial charge in [-0.15, -0.1) is 0 Å². The zero-order valence-electron chi connectivity index (χ0n) is 11.4. The molecular weight excluding hydrogens is 228 g/mol. The molecule has 1 atom stereocenters. The Bertz CT molecular complexity index is 445. The van der Waals surface area contributed by atoms with E-state index in [9.17, 15) is 0 Å². The molecule has 0 saturated carbocycles. The quantitative estimate of drug-likeness (QED) is 0.821. The van der Waals surface area contributed by atoms with Crippen molar-refractivity contribution < 1.29 is 9.47 Å². The van der Waals surface area contributed by atoms with Crippen LogP contribution in [0.5, 0.6) is 5.75 Å². The Morgan fingerprint density at radius 2 is 2.06 bits per heavy atom. The van der Waals surface area contributed by atoms with E-state index in [1.165, 1.54) is 0 Å². The Kier molecular flexibility index (Phi) is 3.57. The molecule has 0 saturated heterocycles. The van der Waals surface area contributed by atoms with Gasteiger partial charge in [-0.25, -0.2) is 5.01 Å². The van der Waals surface area contributed by atoms with Gasteiger partial charge in [0.15, 0.2) is 5.72 Å². The average Bonchev–Trinajstić information content (AvgIpc) is 2.69. The lowest BCUT2D eigenvalue weighted by Crippen LogP contribution is -2.44. The fourth-order valence-electron chi connectivity index (χ4n) is 2.23. The SMILES string of the molecule is COc1ccccc1N1N=CCC1(C)OC(C)C. The van der Waals surface area contributed by atoms with Gasteiger partial charge in [-0.2, -0.15) is 5.10 Å². The number of benzene rings is 1. The lowest BCUT2D eigenvalue weighted by Gasteiger charge is -2.36. The molecule has 0 aromatic heterocycles. The topological polar surface area (TPSA) is 34.1 Å². The molecule has 1 heterocycles. The first kappa shape index (κ1) is 12.9. The molecule has 0 bridgehead atoms. The molecule has 0 radical (unpaired) electrons. The maximum atomic E-state index is 6.01. The van der Waals surface area contributed by atoms with Crippen LogP contribution in [0.25, 0.3) is 0 Å². The summed E-state index contributed by atoms with van der Waals surface area (Å²) in [7, 11) is 1.67. The highest BCUT2D eigenvalue weighted by atomic mass is 16.5. The third kappa shape index (κ3) is 2.34. The molecule has 2 rings (SSSR count). The van der Waals surface area contributed by atoms with Crippen LogP contribution in [0.1, 0.15) is 27.2 Å². The van der Waals surface area contributed by atoms with Crippen molar-refractivity contribution in [2.75, 3.05) is 12.1 Å². The maximum absolute atomic E-state index is 6.01. The molecule has 1 aromatic carbocycles. The monoisotopic (exact) mass is 248 g/mol. The predicted molar refractivity (Wildman–Crippen MR) is 73.2 cm³/mol. The van der Waals surface area contributed by atoms with Crippen molar-refractivity contribution in [3.63, 3.8) is 0 Å². The number of anilines is 1. The molecule has 0 aliphatic carbocycles. The summed E-state index contributed by atoms with van der Waals surface area (Å²) in [6.07, 6.45) is 2.80. The first-order valence-electron chi connectivity index (χ1n) is 6.20. The third-order valence-electron chi connectivity index (χ3n) is 2.92. The second-order valence-electron chi connectivity index (χ2n) is 4.83. The number of rotatable bonds is 4. The standard InChI is InChI=1S/C14H20N2O2/c1-11(2)18-14(3)9-10-15-16(14)12-7-5-6-8-13(12)17-4/h5-8,10-11H,9H2,1-4H3. The zero-order chi connectivity index (χ0) is 13.2. The van der Waals surface area contributed by atoms with E-state index in [1.54, 1.807) is 7.11 Å². The highest BCUT2D eigenvalue weighted by Gasteiger charge is 2.38. The van der Waals surface area contributed by atoms with Crippen molar-refractivity contribution in [2.24, 2.45) is 5.10 Å². The Hall–Kier alpha value is -1.55. The maximum Gasteiger partial charge on any atom is 0.164 e. The van der Waals surface area contributed by atoms with E-state index >= 15 is 0 Å². The van der Waals surface area contributed by atoms with E-state index in [4.69, 9.17) is 9.47 Å². The van der Waals surface area contributed by atoms with E-state index in [2.05, 4.69) is 5.10 Å². The first-order valence-corrected chi connectivity index (χ1v) is 6.20. The van der Waals surface area contributed by atoms with Gasteiger partial charge in [0, 0.05) is 12.6 Å². The summed E-state index contributed by atoms with van der Waals surface area (Å²) in [5, 5.41) is 6.32. The summed E-state index contributed by atoms with van der Waals surface area (Å²) in [4.78, 5) is 0. The van der Waals surface area contributed by atoms with Crippen molar-refractivity contribution in [1.29, 1.82) is 0 Å². The van der Waals surface area contributed by atoms with Gasteiger partial charge in [0.25, 0.3) is 0 Å². The third-order valence-corrected chi connectivity index (χ3v) is 2.92. The minimum absolute atomic E-state index is 0.147. The fourth-order valence-corrected chi connectivity index (χ4v) is 2.23. The minimum atomic E-state index is -0.442. The molecule has 0 fully saturated rings. The summed E-state index contributed by atoms with van der Waals surface area (Å²) >= 11 is 0. The van der Waals surface area contributed by atoms with E-state index in [0.717, 1.165) is 17.9 Å². The highest BCUT2D eigenvalue weighted by molar-refractivity contribution is 5.70. The molecule has 4 heteroatoms. The summed E-state index contributed by atoms with van der Waals surface area (Å²) in [5.74, 6) is 0.801. The average molecular weight is 248 g/mol. The van der Waals surface area contributed by atoms with Gasteiger partial charge in [0.1, 0.15) is 11.4 Å². The smallest absolute Gasteiger partial charge is 0.164 e. The lowest BCUT2D eigenvalue weighted by atomic mass is 10.1. The Morgan fingerprint density at radius 3 is 2.72 bits per heavy atom. The van der Waals surface area contributed by atoms with Crippen LogP contribution in [-0.2, 0) is 4.74 Å². The van der Waals surface area contributed by atoms with Crippen molar-refractivity contribution in [2.45, 2.75) is 39.0 Å². The van der Waals surface area contributed by atoms with Gasteiger partial charge in [-0.3, -0.25) is 0 Å². The van der Waals surface area contributed by atoms with Gasteiger partial charge in [-0.1, -0.05) is 12.1 Å². The molecule has 1 unspecified atom stereocenters. The minimum Gasteiger partial charge on any atom is -0.495 e. The first-order chi connectivity index (χ1) is 8.57. The number of hydrazone groups is 1. The summed E-state index contributed by atoms with van der Waals surface area (Å²) in [6, 6.07) is 7.84. The molecule has 0 spiro atoms. The summed E-state index contributed by atoms with van der Waals surface area (Å²) < 4.78 is 11.4. The van der Waals surface area contributed by atoms with Gasteiger partial charge in [0.2, 0.25) is 0 Å².